The molecule has 10 nitrogen and oxygen atoms in total. The monoisotopic (exact) mass is 498 g/mol. The molecule has 0 saturated heterocycles. The lowest BCUT2D eigenvalue weighted by atomic mass is 10.0. The summed E-state index contributed by atoms with van der Waals surface area (Å²) in [5, 5.41) is 16.0. The van der Waals surface area contributed by atoms with E-state index in [-0.39, 0.29) is 29.7 Å². The van der Waals surface area contributed by atoms with Crippen molar-refractivity contribution in [3.63, 3.8) is 0 Å². The molecule has 0 spiro atoms. The van der Waals surface area contributed by atoms with Crippen LogP contribution in [0.15, 0.2) is 34.9 Å². The molecule has 0 radical (unpaired) electrons. The number of nitrogens with zero attached hydrogens (tertiary/aromatic N) is 1. The predicted octanol–water partition coefficient (Wildman–Crippen LogP) is 4.50. The van der Waals surface area contributed by atoms with E-state index in [4.69, 9.17) is 9.15 Å². The molecule has 0 unspecified atom stereocenters. The number of para-hydroxylation sites is 1. The molecule has 4 N–H and O–H groups in total. The topological polar surface area (TPSA) is 147 Å². The van der Waals surface area contributed by atoms with E-state index in [1.807, 2.05) is 44.3 Å². The van der Waals surface area contributed by atoms with Crippen molar-refractivity contribution in [3.05, 3.63) is 53.4 Å². The molecule has 194 valence electrons. The average molecular weight is 499 g/mol. The van der Waals surface area contributed by atoms with Gasteiger partial charge in [0, 0.05) is 23.5 Å². The number of aromatic nitrogens is 2. The van der Waals surface area contributed by atoms with Gasteiger partial charge < -0.3 is 29.9 Å². The van der Waals surface area contributed by atoms with Crippen molar-refractivity contribution in [2.45, 2.75) is 72.1 Å². The van der Waals surface area contributed by atoms with Crippen LogP contribution in [0.4, 0.5) is 4.79 Å². The molecule has 0 aliphatic carbocycles. The lowest BCUT2D eigenvalue weighted by Crippen LogP contribution is -2.49. The van der Waals surface area contributed by atoms with Gasteiger partial charge in [0.15, 0.2) is 5.69 Å². The summed E-state index contributed by atoms with van der Waals surface area (Å²) in [5.41, 5.74) is 0.888. The lowest BCUT2D eigenvalue weighted by Gasteiger charge is -2.25. The minimum absolute atomic E-state index is 0.0732. The Morgan fingerprint density at radius 2 is 1.86 bits per heavy atom. The second-order valence-electron chi connectivity index (χ2n) is 10.2. The van der Waals surface area contributed by atoms with E-state index in [1.165, 1.54) is 6.92 Å². The van der Waals surface area contributed by atoms with Crippen LogP contribution >= 0.6 is 0 Å². The molecule has 2 atom stereocenters. The molecule has 0 fully saturated rings. The third-order valence-electron chi connectivity index (χ3n) is 5.44. The van der Waals surface area contributed by atoms with Gasteiger partial charge in [0.2, 0.25) is 11.8 Å². The summed E-state index contributed by atoms with van der Waals surface area (Å²) in [5.74, 6) is -1.35. The number of aromatic carboxylic acids is 1. The molecule has 0 bridgehead atoms. The van der Waals surface area contributed by atoms with Crippen LogP contribution < -0.4 is 10.6 Å². The lowest BCUT2D eigenvalue weighted by molar-refractivity contribution is -0.124. The van der Waals surface area contributed by atoms with Gasteiger partial charge in [-0.2, -0.15) is 0 Å². The number of rotatable bonds is 9. The number of hydrogen-bond donors (Lipinski definition) is 4. The zero-order valence-corrected chi connectivity index (χ0v) is 21.5. The van der Waals surface area contributed by atoms with E-state index in [0.29, 0.717) is 6.42 Å². The molecular weight excluding hydrogens is 464 g/mol. The molecule has 2 aromatic heterocycles. The number of amides is 2. The first-order valence-corrected chi connectivity index (χ1v) is 11.9. The van der Waals surface area contributed by atoms with Crippen molar-refractivity contribution in [3.8, 4) is 0 Å². The number of carboxylic acid groups (broad SMARTS) is 1. The smallest absolute Gasteiger partial charge is 0.408 e. The van der Waals surface area contributed by atoms with Gasteiger partial charge in [0.1, 0.15) is 23.4 Å². The summed E-state index contributed by atoms with van der Waals surface area (Å²) >= 11 is 0. The van der Waals surface area contributed by atoms with E-state index in [0.717, 1.165) is 16.5 Å². The average Bonchev–Trinajstić information content (AvgIpc) is 3.34. The highest BCUT2D eigenvalue weighted by Gasteiger charge is 2.30. The van der Waals surface area contributed by atoms with E-state index in [9.17, 15) is 19.5 Å². The molecule has 0 aliphatic rings. The third kappa shape index (κ3) is 6.87. The molecule has 0 aliphatic heterocycles. The highest BCUT2D eigenvalue weighted by atomic mass is 16.6. The van der Waals surface area contributed by atoms with Gasteiger partial charge in [-0.15, -0.1) is 0 Å². The first-order valence-electron chi connectivity index (χ1n) is 11.9. The third-order valence-corrected chi connectivity index (χ3v) is 5.44. The number of carboxylic acids is 1. The molecule has 0 saturated carbocycles. The summed E-state index contributed by atoms with van der Waals surface area (Å²) in [6.45, 7) is 10.6. The second kappa shape index (κ2) is 10.8. The first kappa shape index (κ1) is 26.8. The van der Waals surface area contributed by atoms with Gasteiger partial charge in [0.05, 0.1) is 0 Å². The van der Waals surface area contributed by atoms with Crippen LogP contribution in [0.1, 0.15) is 74.8 Å². The van der Waals surface area contributed by atoms with Gasteiger partial charge in [-0.25, -0.2) is 14.6 Å². The molecule has 2 amide bonds. The minimum atomic E-state index is -1.22. The summed E-state index contributed by atoms with van der Waals surface area (Å²) in [4.78, 5) is 44.7. The van der Waals surface area contributed by atoms with Gasteiger partial charge in [-0.3, -0.25) is 4.79 Å². The van der Waals surface area contributed by atoms with E-state index < -0.39 is 35.7 Å². The van der Waals surface area contributed by atoms with Crippen LogP contribution in [0, 0.1) is 12.8 Å². The Morgan fingerprint density at radius 3 is 2.47 bits per heavy atom. The number of ether oxygens (including phenoxy) is 1. The van der Waals surface area contributed by atoms with Crippen LogP contribution in [0.5, 0.6) is 0 Å². The van der Waals surface area contributed by atoms with Crippen molar-refractivity contribution in [1.29, 1.82) is 0 Å². The number of benzene rings is 1. The van der Waals surface area contributed by atoms with Crippen LogP contribution in [0.3, 0.4) is 0 Å². The normalized spacial score (nSPS) is 13.4. The Bertz CT molecular complexity index is 1240. The van der Waals surface area contributed by atoms with Gasteiger partial charge >= 0.3 is 12.1 Å². The molecular formula is C26H34N4O6. The Morgan fingerprint density at radius 1 is 1.17 bits per heavy atom. The molecule has 36 heavy (non-hydrogen) atoms. The number of fused-ring (bicyclic) bond motifs is 1. The van der Waals surface area contributed by atoms with Crippen molar-refractivity contribution in [1.82, 2.24) is 20.6 Å². The fourth-order valence-electron chi connectivity index (χ4n) is 3.91. The number of hydrogen-bond acceptors (Lipinski definition) is 6. The Labute approximate surface area is 209 Å². The summed E-state index contributed by atoms with van der Waals surface area (Å²) in [6, 6.07) is 6.06. The van der Waals surface area contributed by atoms with E-state index in [1.54, 1.807) is 20.8 Å². The Hall–Kier alpha value is -3.82. The second-order valence-corrected chi connectivity index (χ2v) is 10.2. The van der Waals surface area contributed by atoms with Crippen molar-refractivity contribution in [2.24, 2.45) is 5.92 Å². The summed E-state index contributed by atoms with van der Waals surface area (Å²) < 4.78 is 11.0. The van der Waals surface area contributed by atoms with Gasteiger partial charge in [-0.05, 0) is 51.7 Å². The van der Waals surface area contributed by atoms with Crippen molar-refractivity contribution in [2.75, 3.05) is 0 Å². The molecule has 1 aromatic carbocycles. The van der Waals surface area contributed by atoms with Crippen LogP contribution in [0.2, 0.25) is 0 Å². The Kier molecular flexibility index (Phi) is 8.07. The van der Waals surface area contributed by atoms with Gasteiger partial charge in [0.25, 0.3) is 0 Å². The van der Waals surface area contributed by atoms with E-state index >= 15 is 0 Å². The fraction of sp³-hybridized carbons (Fsp3) is 0.462. The van der Waals surface area contributed by atoms with Crippen molar-refractivity contribution < 1.29 is 28.6 Å². The van der Waals surface area contributed by atoms with Crippen LogP contribution in [0.25, 0.3) is 10.9 Å². The maximum absolute atomic E-state index is 13.4. The minimum Gasteiger partial charge on any atom is -0.476 e. The number of oxazole rings is 1. The zero-order valence-electron chi connectivity index (χ0n) is 21.5. The quantitative estimate of drug-likeness (QED) is 0.340. The van der Waals surface area contributed by atoms with Crippen LogP contribution in [-0.2, 0) is 16.0 Å². The molecule has 10 heteroatoms. The number of carbonyl (C=O) groups excluding carboxylic acids is 2. The fourth-order valence-corrected chi connectivity index (χ4v) is 3.91. The maximum atomic E-state index is 13.4. The Balaban J connectivity index is 1.91. The highest BCUT2D eigenvalue weighted by Crippen LogP contribution is 2.26. The molecule has 2 heterocycles. The molecule has 3 rings (SSSR count). The number of aryl methyl sites for hydroxylation is 1. The number of carbonyl (C=O) groups is 3. The van der Waals surface area contributed by atoms with Gasteiger partial charge in [-0.1, -0.05) is 32.0 Å². The highest BCUT2D eigenvalue weighted by molar-refractivity contribution is 5.87. The SMILES string of the molecule is Cc1oc([C@@H](Cc2c[nH]c3ccccc23)NC(=O)[C@H](CC(C)C)NC(=O)OC(C)(C)C)nc1C(=O)O. The largest absolute Gasteiger partial charge is 0.476 e. The predicted molar refractivity (Wildman–Crippen MR) is 134 cm³/mol. The number of aromatic amines is 1. The summed E-state index contributed by atoms with van der Waals surface area (Å²) in [7, 11) is 0. The zero-order chi connectivity index (χ0) is 26.6. The first-order chi connectivity index (χ1) is 16.8. The molecule has 3 aromatic rings. The maximum Gasteiger partial charge on any atom is 0.408 e. The standard InChI is InChI=1S/C26H34N4O6/c1-14(2)11-19(29-25(34)36-26(4,5)6)22(31)28-20(23-30-21(24(32)33)15(3)35-23)12-16-13-27-18-10-8-7-9-17(16)18/h7-10,13-14,19-20,27H,11-12H2,1-6H3,(H,28,31)(H,29,34)(H,32,33)/t19-,20+/m0/s1. The van der Waals surface area contributed by atoms with Crippen molar-refractivity contribution >= 4 is 28.9 Å². The summed E-state index contributed by atoms with van der Waals surface area (Å²) in [6.07, 6.45) is 1.80. The number of nitrogens with one attached hydrogen (secondary N) is 3. The van der Waals surface area contributed by atoms with E-state index in [2.05, 4.69) is 20.6 Å². The number of H-pyrrole nitrogens is 1. The van der Waals surface area contributed by atoms with Crippen LogP contribution in [-0.4, -0.2) is 44.7 Å². The number of alkyl carbamates (subject to hydrolysis) is 1.